The maximum Gasteiger partial charge on any atom is 0.232 e. The Kier molecular flexibility index (Phi) is 2.02. The van der Waals surface area contributed by atoms with Crippen LogP contribution in [0.3, 0.4) is 0 Å². The van der Waals surface area contributed by atoms with E-state index < -0.39 is 0 Å². The largest absolute Gasteiger partial charge is 0.396 e. The van der Waals surface area contributed by atoms with Crippen molar-refractivity contribution in [1.29, 1.82) is 0 Å². The number of amides is 1. The van der Waals surface area contributed by atoms with Crippen molar-refractivity contribution in [3.05, 3.63) is 29.8 Å². The lowest BCUT2D eigenvalue weighted by Crippen LogP contribution is -2.13. The predicted molar refractivity (Wildman–Crippen MR) is 49.5 cm³/mol. The lowest BCUT2D eigenvalue weighted by molar-refractivity contribution is -0.117. The topological polar surface area (TPSA) is 49.3 Å². The average Bonchev–Trinajstić information content (AvgIpc) is 2.44. The van der Waals surface area contributed by atoms with Gasteiger partial charge in [-0.05, 0) is 18.1 Å². The van der Waals surface area contributed by atoms with E-state index in [1.165, 1.54) is 0 Å². The van der Waals surface area contributed by atoms with E-state index in [4.69, 9.17) is 5.11 Å². The summed E-state index contributed by atoms with van der Waals surface area (Å²) >= 11 is 0. The first kappa shape index (κ1) is 8.26. The second-order valence-electron chi connectivity index (χ2n) is 3.14. The molecule has 0 fully saturated rings. The Morgan fingerprint density at radius 3 is 2.92 bits per heavy atom. The molecule has 0 radical (unpaired) electrons. The van der Waals surface area contributed by atoms with Gasteiger partial charge in [0.05, 0.1) is 5.92 Å². The molecular formula is C10H11NO2. The normalized spacial score (nSPS) is 19.8. The van der Waals surface area contributed by atoms with Crippen LogP contribution in [-0.4, -0.2) is 17.6 Å². The molecule has 2 rings (SSSR count). The van der Waals surface area contributed by atoms with E-state index in [0.29, 0.717) is 6.42 Å². The average molecular weight is 177 g/mol. The van der Waals surface area contributed by atoms with Crippen LogP contribution in [0, 0.1) is 0 Å². The summed E-state index contributed by atoms with van der Waals surface area (Å²) in [6.45, 7) is 0.0480. The van der Waals surface area contributed by atoms with Crippen molar-refractivity contribution in [1.82, 2.24) is 0 Å². The van der Waals surface area contributed by atoms with Gasteiger partial charge in [0.2, 0.25) is 5.91 Å². The lowest BCUT2D eigenvalue weighted by atomic mass is 9.98. The highest BCUT2D eigenvalue weighted by molar-refractivity contribution is 6.02. The minimum atomic E-state index is -0.166. The van der Waals surface area contributed by atoms with Gasteiger partial charge in [0, 0.05) is 12.3 Å². The first-order valence-corrected chi connectivity index (χ1v) is 4.33. The highest BCUT2D eigenvalue weighted by Crippen LogP contribution is 2.33. The number of rotatable bonds is 2. The first-order chi connectivity index (χ1) is 6.33. The highest BCUT2D eigenvalue weighted by Gasteiger charge is 2.28. The van der Waals surface area contributed by atoms with Gasteiger partial charge in [-0.3, -0.25) is 4.79 Å². The second kappa shape index (κ2) is 3.18. The van der Waals surface area contributed by atoms with E-state index in [2.05, 4.69) is 5.32 Å². The van der Waals surface area contributed by atoms with Crippen LogP contribution in [0.4, 0.5) is 5.69 Å². The van der Waals surface area contributed by atoms with Crippen molar-refractivity contribution in [3.63, 3.8) is 0 Å². The third-order valence-electron chi connectivity index (χ3n) is 2.33. The Labute approximate surface area is 76.4 Å². The minimum Gasteiger partial charge on any atom is -0.396 e. The molecular weight excluding hydrogens is 166 g/mol. The van der Waals surface area contributed by atoms with Gasteiger partial charge < -0.3 is 10.4 Å². The van der Waals surface area contributed by atoms with Crippen LogP contribution >= 0.6 is 0 Å². The Bertz CT molecular complexity index is 335. The van der Waals surface area contributed by atoms with Gasteiger partial charge >= 0.3 is 0 Å². The lowest BCUT2D eigenvalue weighted by Gasteiger charge is -2.04. The van der Waals surface area contributed by atoms with Crippen LogP contribution in [0.1, 0.15) is 17.9 Å². The minimum absolute atomic E-state index is 0.00440. The molecule has 1 aliphatic rings. The van der Waals surface area contributed by atoms with Gasteiger partial charge in [0.1, 0.15) is 0 Å². The Morgan fingerprint density at radius 1 is 1.38 bits per heavy atom. The molecule has 1 amide bonds. The SMILES string of the molecule is O=C1Nc2ccccc2[C@@H]1CCO. The molecule has 1 aromatic rings. The van der Waals surface area contributed by atoms with Crippen LogP contribution in [-0.2, 0) is 4.79 Å². The fourth-order valence-corrected chi connectivity index (χ4v) is 1.69. The number of nitrogens with one attached hydrogen (secondary N) is 1. The van der Waals surface area contributed by atoms with E-state index in [-0.39, 0.29) is 18.4 Å². The molecule has 0 spiro atoms. The first-order valence-electron chi connectivity index (χ1n) is 4.33. The van der Waals surface area contributed by atoms with Crippen molar-refractivity contribution in [2.45, 2.75) is 12.3 Å². The molecule has 0 bridgehead atoms. The van der Waals surface area contributed by atoms with Crippen LogP contribution in [0.5, 0.6) is 0 Å². The molecule has 0 saturated heterocycles. The van der Waals surface area contributed by atoms with E-state index >= 15 is 0 Å². The Balaban J connectivity index is 2.35. The van der Waals surface area contributed by atoms with Crippen molar-refractivity contribution >= 4 is 11.6 Å². The fraction of sp³-hybridized carbons (Fsp3) is 0.300. The van der Waals surface area contributed by atoms with Gasteiger partial charge in [-0.15, -0.1) is 0 Å². The number of hydrogen-bond donors (Lipinski definition) is 2. The molecule has 1 aromatic carbocycles. The summed E-state index contributed by atoms with van der Waals surface area (Å²) in [5.74, 6) is -0.170. The molecule has 3 heteroatoms. The van der Waals surface area contributed by atoms with E-state index in [9.17, 15) is 4.79 Å². The van der Waals surface area contributed by atoms with E-state index in [0.717, 1.165) is 11.3 Å². The third kappa shape index (κ3) is 1.31. The highest BCUT2D eigenvalue weighted by atomic mass is 16.3. The maximum absolute atomic E-state index is 11.4. The van der Waals surface area contributed by atoms with Crippen LogP contribution in [0.15, 0.2) is 24.3 Å². The zero-order valence-corrected chi connectivity index (χ0v) is 7.16. The van der Waals surface area contributed by atoms with Gasteiger partial charge in [-0.1, -0.05) is 18.2 Å². The summed E-state index contributed by atoms with van der Waals surface area (Å²) in [7, 11) is 0. The van der Waals surface area contributed by atoms with Crippen molar-refractivity contribution in [3.8, 4) is 0 Å². The second-order valence-corrected chi connectivity index (χ2v) is 3.14. The van der Waals surface area contributed by atoms with Crippen molar-refractivity contribution in [2.75, 3.05) is 11.9 Å². The zero-order valence-electron chi connectivity index (χ0n) is 7.16. The number of carbonyl (C=O) groups excluding carboxylic acids is 1. The van der Waals surface area contributed by atoms with Gasteiger partial charge in [-0.2, -0.15) is 0 Å². The number of carbonyl (C=O) groups is 1. The molecule has 0 aromatic heterocycles. The van der Waals surface area contributed by atoms with Crippen LogP contribution in [0.2, 0.25) is 0 Å². The number of aliphatic hydroxyl groups excluding tert-OH is 1. The summed E-state index contributed by atoms with van der Waals surface area (Å²) in [4.78, 5) is 11.4. The predicted octanol–water partition coefficient (Wildman–Crippen LogP) is 1.10. The summed E-state index contributed by atoms with van der Waals surface area (Å²) in [6, 6.07) is 7.60. The molecule has 68 valence electrons. The molecule has 1 heterocycles. The van der Waals surface area contributed by atoms with Crippen molar-refractivity contribution in [2.24, 2.45) is 0 Å². The van der Waals surface area contributed by atoms with Gasteiger partial charge in [0.15, 0.2) is 0 Å². The quantitative estimate of drug-likeness (QED) is 0.710. The summed E-state index contributed by atoms with van der Waals surface area (Å²) < 4.78 is 0. The van der Waals surface area contributed by atoms with Crippen LogP contribution < -0.4 is 5.32 Å². The molecule has 0 unspecified atom stereocenters. The van der Waals surface area contributed by atoms with Gasteiger partial charge in [0.25, 0.3) is 0 Å². The van der Waals surface area contributed by atoms with E-state index in [1.807, 2.05) is 24.3 Å². The molecule has 0 aliphatic carbocycles. The number of aliphatic hydroxyl groups is 1. The molecule has 13 heavy (non-hydrogen) atoms. The molecule has 1 aliphatic heterocycles. The maximum atomic E-state index is 11.4. The standard InChI is InChI=1S/C10H11NO2/c12-6-5-8-7-3-1-2-4-9(7)11-10(8)13/h1-4,8,12H,5-6H2,(H,11,13)/t8-/m0/s1. The number of benzene rings is 1. The van der Waals surface area contributed by atoms with E-state index in [1.54, 1.807) is 0 Å². The summed E-state index contributed by atoms with van der Waals surface area (Å²) in [5, 5.41) is 11.6. The van der Waals surface area contributed by atoms with Crippen LogP contribution in [0.25, 0.3) is 0 Å². The number of hydrogen-bond acceptors (Lipinski definition) is 2. The molecule has 1 atom stereocenters. The number of para-hydroxylation sites is 1. The zero-order chi connectivity index (χ0) is 9.26. The Hall–Kier alpha value is -1.35. The van der Waals surface area contributed by atoms with Gasteiger partial charge in [-0.25, -0.2) is 0 Å². The fourth-order valence-electron chi connectivity index (χ4n) is 1.69. The molecule has 3 nitrogen and oxygen atoms in total. The third-order valence-corrected chi connectivity index (χ3v) is 2.33. The summed E-state index contributed by atoms with van der Waals surface area (Å²) in [5.41, 5.74) is 1.88. The summed E-state index contributed by atoms with van der Waals surface area (Å²) in [6.07, 6.45) is 0.503. The number of fused-ring (bicyclic) bond motifs is 1. The smallest absolute Gasteiger partial charge is 0.232 e. The van der Waals surface area contributed by atoms with Crippen molar-refractivity contribution < 1.29 is 9.90 Å². The molecule has 0 saturated carbocycles. The Morgan fingerprint density at radius 2 is 2.15 bits per heavy atom. The number of anilines is 1. The monoisotopic (exact) mass is 177 g/mol. The molecule has 2 N–H and O–H groups in total.